The van der Waals surface area contributed by atoms with Crippen molar-refractivity contribution in [3.05, 3.63) is 22.8 Å². The maximum Gasteiger partial charge on any atom is 0.306 e. The summed E-state index contributed by atoms with van der Waals surface area (Å²) >= 11 is 1.39. The second-order valence-electron chi connectivity index (χ2n) is 5.01. The van der Waals surface area contributed by atoms with E-state index >= 15 is 0 Å². The van der Waals surface area contributed by atoms with Gasteiger partial charge in [0.1, 0.15) is 11.6 Å². The van der Waals surface area contributed by atoms with E-state index in [1.54, 1.807) is 0 Å². The molecule has 0 bridgehead atoms. The summed E-state index contributed by atoms with van der Waals surface area (Å²) in [5.41, 5.74) is 0.850. The highest BCUT2D eigenvalue weighted by molar-refractivity contribution is 7.13. The summed E-state index contributed by atoms with van der Waals surface area (Å²) < 4.78 is 0. The molecular formula is C14H16N4O3S. The zero-order valence-electron chi connectivity index (χ0n) is 12.1. The Bertz CT molecular complexity index is 639. The second-order valence-corrected chi connectivity index (χ2v) is 5.87. The molecule has 116 valence electrons. The number of hydrogen-bond acceptors (Lipinski definition) is 6. The van der Waals surface area contributed by atoms with Gasteiger partial charge in [0.25, 0.3) is 5.91 Å². The van der Waals surface area contributed by atoms with Crippen LogP contribution < -0.4 is 5.32 Å². The summed E-state index contributed by atoms with van der Waals surface area (Å²) in [7, 11) is 0. The molecule has 1 aromatic rings. The molecule has 2 rings (SSSR count). The molecule has 1 aliphatic heterocycles. The van der Waals surface area contributed by atoms with Crippen molar-refractivity contribution in [3.8, 4) is 6.07 Å². The lowest BCUT2D eigenvalue weighted by molar-refractivity contribution is -0.145. The number of aromatic nitrogens is 1. The molecule has 0 aliphatic carbocycles. The van der Waals surface area contributed by atoms with Crippen molar-refractivity contribution in [1.82, 2.24) is 9.88 Å². The van der Waals surface area contributed by atoms with E-state index in [-0.39, 0.29) is 11.5 Å². The quantitative estimate of drug-likeness (QED) is 0.644. The van der Waals surface area contributed by atoms with Gasteiger partial charge in [-0.25, -0.2) is 4.98 Å². The summed E-state index contributed by atoms with van der Waals surface area (Å²) in [4.78, 5) is 28.9. The third-order valence-electron chi connectivity index (χ3n) is 3.44. The number of piperidine rings is 1. The first-order valence-corrected chi connectivity index (χ1v) is 7.70. The Balaban J connectivity index is 1.97. The second kappa shape index (κ2) is 7.04. The number of anilines is 1. The number of aliphatic carboxylic acids is 1. The van der Waals surface area contributed by atoms with Crippen LogP contribution in [0.3, 0.4) is 0 Å². The standard InChI is InChI=1S/C14H16N4O3S/c1-9-8-22-14(17-9)16-7-11(6-15)12(19)18-4-2-10(3-5-18)13(20)21/h7-8,10H,2-5H2,1H3,(H,16,17)(H,20,21)/b11-7-. The smallest absolute Gasteiger partial charge is 0.306 e. The highest BCUT2D eigenvalue weighted by Gasteiger charge is 2.28. The van der Waals surface area contributed by atoms with E-state index in [4.69, 9.17) is 10.4 Å². The van der Waals surface area contributed by atoms with E-state index in [0.717, 1.165) is 5.69 Å². The van der Waals surface area contributed by atoms with Crippen LogP contribution in [0, 0.1) is 24.2 Å². The van der Waals surface area contributed by atoms with Gasteiger partial charge in [-0.3, -0.25) is 9.59 Å². The average Bonchev–Trinajstić information content (AvgIpc) is 2.93. The van der Waals surface area contributed by atoms with Crippen molar-refractivity contribution in [2.45, 2.75) is 19.8 Å². The monoisotopic (exact) mass is 320 g/mol. The number of hydrogen-bond donors (Lipinski definition) is 2. The first kappa shape index (κ1) is 16.0. The number of carbonyl (C=O) groups excluding carboxylic acids is 1. The maximum absolute atomic E-state index is 12.3. The van der Waals surface area contributed by atoms with Crippen molar-refractivity contribution in [2.24, 2.45) is 5.92 Å². The van der Waals surface area contributed by atoms with E-state index < -0.39 is 11.9 Å². The molecule has 0 aromatic carbocycles. The number of carbonyl (C=O) groups is 2. The van der Waals surface area contributed by atoms with Gasteiger partial charge in [-0.15, -0.1) is 11.3 Å². The zero-order valence-corrected chi connectivity index (χ0v) is 12.9. The first-order chi connectivity index (χ1) is 10.5. The number of thiazole rings is 1. The summed E-state index contributed by atoms with van der Waals surface area (Å²) in [6, 6.07) is 1.88. The highest BCUT2D eigenvalue weighted by atomic mass is 32.1. The minimum Gasteiger partial charge on any atom is -0.481 e. The molecular weight excluding hydrogens is 304 g/mol. The normalized spacial score (nSPS) is 16.2. The lowest BCUT2D eigenvalue weighted by Crippen LogP contribution is -2.40. The molecule has 7 nitrogen and oxygen atoms in total. The largest absolute Gasteiger partial charge is 0.481 e. The van der Waals surface area contributed by atoms with Gasteiger partial charge in [-0.05, 0) is 19.8 Å². The lowest BCUT2D eigenvalue weighted by Gasteiger charge is -2.29. The fraction of sp³-hybridized carbons (Fsp3) is 0.429. The topological polar surface area (TPSA) is 106 Å². The molecule has 0 radical (unpaired) electrons. The Hall–Kier alpha value is -2.40. The number of carboxylic acid groups (broad SMARTS) is 1. The summed E-state index contributed by atoms with van der Waals surface area (Å²) in [5, 5.41) is 23.4. The molecule has 1 amide bonds. The molecule has 0 atom stereocenters. The number of carboxylic acids is 1. The van der Waals surface area contributed by atoms with Crippen LogP contribution in [-0.4, -0.2) is 40.0 Å². The molecule has 1 aromatic heterocycles. The lowest BCUT2D eigenvalue weighted by atomic mass is 9.97. The number of rotatable bonds is 4. The predicted molar refractivity (Wildman–Crippen MR) is 81.1 cm³/mol. The molecule has 8 heteroatoms. The first-order valence-electron chi connectivity index (χ1n) is 6.82. The van der Waals surface area contributed by atoms with Crippen molar-refractivity contribution in [2.75, 3.05) is 18.4 Å². The van der Waals surface area contributed by atoms with Crippen LogP contribution in [0.25, 0.3) is 0 Å². The van der Waals surface area contributed by atoms with Crippen molar-refractivity contribution in [1.29, 1.82) is 5.26 Å². The van der Waals surface area contributed by atoms with Gasteiger partial charge >= 0.3 is 5.97 Å². The fourth-order valence-corrected chi connectivity index (χ4v) is 2.85. The van der Waals surface area contributed by atoms with Gasteiger partial charge in [0, 0.05) is 24.7 Å². The number of nitrogens with one attached hydrogen (secondary N) is 1. The van der Waals surface area contributed by atoms with Crippen LogP contribution in [0.4, 0.5) is 5.13 Å². The zero-order chi connectivity index (χ0) is 16.1. The van der Waals surface area contributed by atoms with Crippen LogP contribution >= 0.6 is 11.3 Å². The fourth-order valence-electron chi connectivity index (χ4n) is 2.20. The third kappa shape index (κ3) is 3.83. The SMILES string of the molecule is Cc1csc(N/C=C(/C#N)C(=O)N2CCC(C(=O)O)CC2)n1. The van der Waals surface area contributed by atoms with Crippen molar-refractivity contribution >= 4 is 28.3 Å². The number of aryl methyl sites for hydroxylation is 1. The van der Waals surface area contributed by atoms with Crippen LogP contribution in [-0.2, 0) is 9.59 Å². The maximum atomic E-state index is 12.3. The van der Waals surface area contributed by atoms with E-state index in [2.05, 4.69) is 10.3 Å². The Morgan fingerprint density at radius 3 is 2.73 bits per heavy atom. The molecule has 22 heavy (non-hydrogen) atoms. The van der Waals surface area contributed by atoms with Crippen LogP contribution in [0.5, 0.6) is 0 Å². The summed E-state index contributed by atoms with van der Waals surface area (Å²) in [6.45, 7) is 2.56. The minimum absolute atomic E-state index is 0.0124. The van der Waals surface area contributed by atoms with E-state index in [1.807, 2.05) is 18.4 Å². The van der Waals surface area contributed by atoms with Crippen LogP contribution in [0.1, 0.15) is 18.5 Å². The van der Waals surface area contributed by atoms with Gasteiger partial charge < -0.3 is 15.3 Å². The van der Waals surface area contributed by atoms with Gasteiger partial charge in [-0.1, -0.05) is 0 Å². The molecule has 1 fully saturated rings. The Morgan fingerprint density at radius 2 is 2.23 bits per heavy atom. The van der Waals surface area contributed by atoms with Gasteiger partial charge in [0.15, 0.2) is 5.13 Å². The Labute approximate surface area is 131 Å². The van der Waals surface area contributed by atoms with Gasteiger partial charge in [0.05, 0.1) is 11.6 Å². The van der Waals surface area contributed by atoms with E-state index in [1.165, 1.54) is 22.4 Å². The molecule has 0 saturated carbocycles. The van der Waals surface area contributed by atoms with Crippen LogP contribution in [0.2, 0.25) is 0 Å². The molecule has 1 aliphatic rings. The predicted octanol–water partition coefficient (Wildman–Crippen LogP) is 1.59. The molecule has 2 heterocycles. The number of likely N-dealkylation sites (tertiary alicyclic amines) is 1. The number of nitriles is 1. The Kier molecular flexibility index (Phi) is 5.12. The molecule has 1 saturated heterocycles. The van der Waals surface area contributed by atoms with Crippen molar-refractivity contribution < 1.29 is 14.7 Å². The molecule has 0 spiro atoms. The van der Waals surface area contributed by atoms with E-state index in [0.29, 0.717) is 31.1 Å². The van der Waals surface area contributed by atoms with Gasteiger partial charge in [0.2, 0.25) is 0 Å². The summed E-state index contributed by atoms with van der Waals surface area (Å²) in [5.74, 6) is -1.62. The van der Waals surface area contributed by atoms with Crippen LogP contribution in [0.15, 0.2) is 17.2 Å². The molecule has 0 unspecified atom stereocenters. The molecule has 2 N–H and O–H groups in total. The van der Waals surface area contributed by atoms with E-state index in [9.17, 15) is 9.59 Å². The van der Waals surface area contributed by atoms with Crippen molar-refractivity contribution in [3.63, 3.8) is 0 Å². The van der Waals surface area contributed by atoms with Gasteiger partial charge in [-0.2, -0.15) is 5.26 Å². The average molecular weight is 320 g/mol. The minimum atomic E-state index is -0.830. The number of nitrogens with zero attached hydrogens (tertiary/aromatic N) is 3. The third-order valence-corrected chi connectivity index (χ3v) is 4.33. The summed E-state index contributed by atoms with van der Waals surface area (Å²) in [6.07, 6.45) is 2.18. The Morgan fingerprint density at radius 1 is 1.55 bits per heavy atom. The highest BCUT2D eigenvalue weighted by Crippen LogP contribution is 2.19. The number of amides is 1.